The van der Waals surface area contributed by atoms with Gasteiger partial charge in [-0.2, -0.15) is 5.26 Å². The second kappa shape index (κ2) is 10.1. The Bertz CT molecular complexity index is 1200. The van der Waals surface area contributed by atoms with Gasteiger partial charge in [-0.15, -0.1) is 0 Å². The van der Waals surface area contributed by atoms with E-state index >= 15 is 0 Å². The Hall–Kier alpha value is -3.42. The van der Waals surface area contributed by atoms with E-state index in [-0.39, 0.29) is 35.4 Å². The van der Waals surface area contributed by atoms with Crippen molar-refractivity contribution in [2.24, 2.45) is 10.8 Å². The highest BCUT2D eigenvalue weighted by Crippen LogP contribution is 2.55. The quantitative estimate of drug-likeness (QED) is 0.558. The number of nitrogens with zero attached hydrogens (tertiary/aromatic N) is 5. The number of hydrogen-bond acceptors (Lipinski definition) is 8. The number of carboxylic acids is 1. The van der Waals surface area contributed by atoms with E-state index in [1.807, 2.05) is 43.6 Å². The van der Waals surface area contributed by atoms with Crippen molar-refractivity contribution in [2.75, 3.05) is 37.6 Å². The molecule has 2 heterocycles. The van der Waals surface area contributed by atoms with Crippen LogP contribution < -0.4 is 15.0 Å². The number of anilines is 1. The number of halogens is 1. The van der Waals surface area contributed by atoms with Crippen molar-refractivity contribution in [1.29, 1.82) is 5.26 Å². The van der Waals surface area contributed by atoms with Crippen LogP contribution in [0, 0.1) is 22.2 Å². The van der Waals surface area contributed by atoms with Crippen LogP contribution in [0.3, 0.4) is 0 Å². The zero-order valence-corrected chi connectivity index (χ0v) is 22.1. The Kier molecular flexibility index (Phi) is 7.31. The molecule has 0 atom stereocenters. The van der Waals surface area contributed by atoms with Gasteiger partial charge < -0.3 is 20.1 Å². The molecule has 1 amide bonds. The van der Waals surface area contributed by atoms with E-state index in [2.05, 4.69) is 15.3 Å². The fourth-order valence-electron chi connectivity index (χ4n) is 5.71. The third-order valence-corrected chi connectivity index (χ3v) is 7.66. The molecule has 1 aliphatic heterocycles. The molecule has 2 fully saturated rings. The summed E-state index contributed by atoms with van der Waals surface area (Å²) in [5.41, 5.74) is -0.00517. The van der Waals surface area contributed by atoms with Crippen LogP contribution in [-0.4, -0.2) is 76.7 Å². The molecule has 0 spiro atoms. The minimum absolute atomic E-state index is 0.0226. The number of carbonyl (C=O) groups is 2. The molecule has 1 aromatic carbocycles. The minimum Gasteiger partial charge on any atom is -0.489 e. The number of benzene rings is 1. The molecular formula is C26H31ClN6O4. The highest BCUT2D eigenvalue weighted by Gasteiger charge is 2.64. The Balaban J connectivity index is 1.37. The lowest BCUT2D eigenvalue weighted by Gasteiger charge is -2.63. The second-order valence-electron chi connectivity index (χ2n) is 10.7. The topological polar surface area (TPSA) is 132 Å². The van der Waals surface area contributed by atoms with Crippen molar-refractivity contribution in [3.63, 3.8) is 0 Å². The van der Waals surface area contributed by atoms with E-state index in [0.717, 1.165) is 0 Å². The number of carbonyl (C=O) groups excluding carboxylic acids is 1. The Morgan fingerprint density at radius 2 is 1.78 bits per heavy atom. The number of hydrogen-bond donors (Lipinski definition) is 2. The molecule has 10 nitrogen and oxygen atoms in total. The highest BCUT2D eigenvalue weighted by molar-refractivity contribution is 6.31. The van der Waals surface area contributed by atoms with Crippen molar-refractivity contribution in [2.45, 2.75) is 39.8 Å². The van der Waals surface area contributed by atoms with Gasteiger partial charge in [-0.3, -0.25) is 14.5 Å². The van der Waals surface area contributed by atoms with Gasteiger partial charge in [0.25, 0.3) is 5.91 Å². The molecule has 1 saturated carbocycles. The van der Waals surface area contributed by atoms with Gasteiger partial charge >= 0.3 is 5.97 Å². The van der Waals surface area contributed by atoms with Gasteiger partial charge in [0.15, 0.2) is 0 Å². The van der Waals surface area contributed by atoms with Crippen LogP contribution in [0.4, 0.5) is 5.95 Å². The summed E-state index contributed by atoms with van der Waals surface area (Å²) < 4.78 is 6.28. The van der Waals surface area contributed by atoms with Gasteiger partial charge in [-0.05, 0) is 12.1 Å². The molecule has 0 unspecified atom stereocenters. The average Bonchev–Trinajstić information content (AvgIpc) is 2.85. The van der Waals surface area contributed by atoms with Crippen molar-refractivity contribution < 1.29 is 19.4 Å². The summed E-state index contributed by atoms with van der Waals surface area (Å²) in [4.78, 5) is 36.6. The first kappa shape index (κ1) is 26.6. The van der Waals surface area contributed by atoms with E-state index in [1.165, 1.54) is 12.4 Å². The number of carboxylic acid groups (broad SMARTS) is 1. The van der Waals surface area contributed by atoms with E-state index in [1.54, 1.807) is 18.2 Å². The van der Waals surface area contributed by atoms with E-state index in [9.17, 15) is 9.59 Å². The number of aromatic nitrogens is 2. The monoisotopic (exact) mass is 526 g/mol. The largest absolute Gasteiger partial charge is 0.489 e. The van der Waals surface area contributed by atoms with Crippen LogP contribution in [-0.2, 0) is 4.79 Å². The van der Waals surface area contributed by atoms with Crippen LogP contribution in [0.25, 0.3) is 0 Å². The number of amides is 1. The van der Waals surface area contributed by atoms with Crippen LogP contribution in [0.5, 0.6) is 5.75 Å². The summed E-state index contributed by atoms with van der Waals surface area (Å²) in [6.45, 7) is 10.7. The molecule has 11 heteroatoms. The van der Waals surface area contributed by atoms with Gasteiger partial charge in [0.1, 0.15) is 17.9 Å². The van der Waals surface area contributed by atoms with E-state index < -0.39 is 5.97 Å². The summed E-state index contributed by atoms with van der Waals surface area (Å²) in [5, 5.41) is 21.5. The zero-order valence-electron chi connectivity index (χ0n) is 21.4. The minimum atomic E-state index is -0.839. The van der Waals surface area contributed by atoms with Crippen LogP contribution in [0.1, 0.15) is 43.6 Å². The standard InChI is InChI=1S/C26H31ClN6O4/c1-25(2)22(26(3,4)23(25)37-18-6-5-16(12-28)19(27)11-18)31-21(36)17-13-29-24(30-14-17)33-9-7-32(8-10-33)15-20(34)35/h5-6,11,13-14,22-23H,7-10,15H2,1-4H3,(H,31,36)(H,34,35). The lowest BCUT2D eigenvalue weighted by atomic mass is 9.49. The Labute approximate surface area is 221 Å². The smallest absolute Gasteiger partial charge is 0.317 e. The molecule has 0 radical (unpaired) electrons. The van der Waals surface area contributed by atoms with Crippen molar-refractivity contribution in [1.82, 2.24) is 20.2 Å². The SMILES string of the molecule is CC1(C)C(NC(=O)c2cnc(N3CCN(CC(=O)O)CC3)nc2)C(C)(C)C1Oc1ccc(C#N)c(Cl)c1. The number of piperazine rings is 1. The van der Waals surface area contributed by atoms with Crippen molar-refractivity contribution >= 4 is 29.4 Å². The molecule has 2 aromatic rings. The average molecular weight is 527 g/mol. The number of nitriles is 1. The highest BCUT2D eigenvalue weighted by atomic mass is 35.5. The third kappa shape index (κ3) is 5.33. The van der Waals surface area contributed by atoms with Gasteiger partial charge in [-0.1, -0.05) is 39.3 Å². The van der Waals surface area contributed by atoms with Crippen LogP contribution >= 0.6 is 11.6 Å². The van der Waals surface area contributed by atoms with Crippen LogP contribution in [0.2, 0.25) is 5.02 Å². The third-order valence-electron chi connectivity index (χ3n) is 7.34. The van der Waals surface area contributed by atoms with Gasteiger partial charge in [0, 0.05) is 61.5 Å². The van der Waals surface area contributed by atoms with Gasteiger partial charge in [0.2, 0.25) is 5.95 Å². The summed E-state index contributed by atoms with van der Waals surface area (Å²) in [6.07, 6.45) is 2.84. The maximum atomic E-state index is 13.1. The molecule has 0 bridgehead atoms. The lowest BCUT2D eigenvalue weighted by Crippen LogP contribution is -2.74. The normalized spacial score (nSPS) is 22.4. The van der Waals surface area contributed by atoms with Crippen LogP contribution in [0.15, 0.2) is 30.6 Å². The number of nitrogens with one attached hydrogen (secondary N) is 1. The molecule has 37 heavy (non-hydrogen) atoms. The molecular weight excluding hydrogens is 496 g/mol. The summed E-state index contributed by atoms with van der Waals surface area (Å²) in [6, 6.07) is 6.87. The number of rotatable bonds is 7. The molecule has 1 saturated heterocycles. The zero-order chi connectivity index (χ0) is 27.0. The predicted octanol–water partition coefficient (Wildman–Crippen LogP) is 2.82. The summed E-state index contributed by atoms with van der Waals surface area (Å²) in [7, 11) is 0. The predicted molar refractivity (Wildman–Crippen MR) is 138 cm³/mol. The summed E-state index contributed by atoms with van der Waals surface area (Å²) >= 11 is 6.17. The molecule has 2 N–H and O–H groups in total. The van der Waals surface area contributed by atoms with E-state index in [4.69, 9.17) is 26.7 Å². The Morgan fingerprint density at radius 3 is 2.32 bits per heavy atom. The fraction of sp³-hybridized carbons (Fsp3) is 0.500. The van der Waals surface area contributed by atoms with Crippen molar-refractivity contribution in [3.05, 3.63) is 46.7 Å². The van der Waals surface area contributed by atoms with Gasteiger partial charge in [0.05, 0.1) is 22.7 Å². The van der Waals surface area contributed by atoms with E-state index in [0.29, 0.717) is 54.0 Å². The number of aliphatic carboxylic acids is 1. The maximum Gasteiger partial charge on any atom is 0.317 e. The molecule has 1 aliphatic carbocycles. The lowest BCUT2D eigenvalue weighted by molar-refractivity contribution is -0.164. The first-order chi connectivity index (χ1) is 17.4. The first-order valence-electron chi connectivity index (χ1n) is 12.1. The molecule has 1 aromatic heterocycles. The van der Waals surface area contributed by atoms with Gasteiger partial charge in [-0.25, -0.2) is 9.97 Å². The number of ether oxygens (including phenoxy) is 1. The Morgan fingerprint density at radius 1 is 1.16 bits per heavy atom. The first-order valence-corrected chi connectivity index (χ1v) is 12.5. The molecule has 4 rings (SSSR count). The van der Waals surface area contributed by atoms with Crippen molar-refractivity contribution in [3.8, 4) is 11.8 Å². The fourth-order valence-corrected chi connectivity index (χ4v) is 5.92. The summed E-state index contributed by atoms with van der Waals surface area (Å²) in [5.74, 6) is -0.00339. The maximum absolute atomic E-state index is 13.1. The second-order valence-corrected chi connectivity index (χ2v) is 11.1. The molecule has 2 aliphatic rings. The molecule has 196 valence electrons.